The van der Waals surface area contributed by atoms with Gasteiger partial charge in [-0.3, -0.25) is 0 Å². The summed E-state index contributed by atoms with van der Waals surface area (Å²) in [7, 11) is 0. The normalized spacial score (nSPS) is 19.5. The molecule has 0 saturated heterocycles. The van der Waals surface area contributed by atoms with Crippen LogP contribution >= 0.6 is 0 Å². The molecule has 4 N–H and O–H groups in total. The second kappa shape index (κ2) is 14.6. The monoisotopic (exact) mass is 816 g/mol. The van der Waals surface area contributed by atoms with Crippen LogP contribution in [-0.2, 0) is 5.60 Å². The highest BCUT2D eigenvalue weighted by atomic mass is 16.4. The minimum Gasteiger partial charge on any atom is -0.374 e. The molecule has 0 aliphatic carbocycles. The molecule has 2 atom stereocenters. The number of nitrogens with zero attached hydrogens (tertiary/aromatic N) is 2. The maximum atomic E-state index is 13.8. The topological polar surface area (TPSA) is 96.8 Å². The largest absolute Gasteiger partial charge is 0.374 e. The third-order valence-corrected chi connectivity index (χ3v) is 13.1. The Hall–Kier alpha value is -6.34. The van der Waals surface area contributed by atoms with E-state index in [0.717, 1.165) is 106 Å². The third-order valence-electron chi connectivity index (χ3n) is 13.1. The molecule has 8 bridgehead atoms. The number of aromatic amines is 2. The molecule has 0 saturated carbocycles. The Morgan fingerprint density at radius 1 is 0.452 bits per heavy atom. The van der Waals surface area contributed by atoms with Gasteiger partial charge in [-0.1, -0.05) is 70.8 Å². The van der Waals surface area contributed by atoms with Crippen molar-refractivity contribution >= 4 is 28.1 Å². The summed E-state index contributed by atoms with van der Waals surface area (Å²) >= 11 is 0. The molecule has 0 spiro atoms. The fourth-order valence-corrected chi connectivity index (χ4v) is 11.1. The SMILES string of the molecule is Cc1cc(C)c(C2=C3C=CC(=N3)C(c3c(C)cc(C)cc3C)=c3ccc([nH]3)=C(c3c(C)cc(C)cc3C)c3ccc([nH]3)[C@](O)(c3c(C)cc(C)cc3C)[C@@]3(O)C=CC2=N3)c(C)c1. The van der Waals surface area contributed by atoms with E-state index >= 15 is 0 Å². The standard InChI is InChI=1S/C56H56N4O2/c1-29-21-33(5)48(34(6)22-29)51-41-13-14-43(57-41)52(49-35(7)23-30(2)24-36(49)8)45-17-18-47(59-45)56(62,54-39(11)27-32(4)28-40(54)12)55(61)20-19-46(60-55)53(44-16-15-42(51)58-44)50-37(9)25-31(3)26-38(50)10/h13-28,57,59,61-62H,1-12H3/t55-,56-/m0/s1. The number of rotatable bonds is 4. The van der Waals surface area contributed by atoms with Crippen molar-refractivity contribution in [3.05, 3.63) is 214 Å². The van der Waals surface area contributed by atoms with E-state index < -0.39 is 11.3 Å². The summed E-state index contributed by atoms with van der Waals surface area (Å²) in [4.78, 5) is 18.4. The van der Waals surface area contributed by atoms with Gasteiger partial charge in [0.15, 0.2) is 5.60 Å². The molecule has 5 heterocycles. The minimum absolute atomic E-state index is 0.426. The highest BCUT2D eigenvalue weighted by molar-refractivity contribution is 6.35. The molecule has 312 valence electrons. The Bertz CT molecular complexity index is 3140. The zero-order valence-corrected chi connectivity index (χ0v) is 38.0. The number of hydrogen-bond donors (Lipinski definition) is 4. The lowest BCUT2D eigenvalue weighted by atomic mass is 9.76. The van der Waals surface area contributed by atoms with Gasteiger partial charge >= 0.3 is 0 Å². The number of aliphatic imine (C=N–C) groups is 2. The summed E-state index contributed by atoms with van der Waals surface area (Å²) in [6, 6.07) is 25.7. The van der Waals surface area contributed by atoms with E-state index in [9.17, 15) is 10.2 Å². The number of hydrogen-bond acceptors (Lipinski definition) is 4. The van der Waals surface area contributed by atoms with Gasteiger partial charge in [0.25, 0.3) is 0 Å². The Kier molecular flexibility index (Phi) is 9.69. The lowest BCUT2D eigenvalue weighted by Gasteiger charge is -2.40. The van der Waals surface area contributed by atoms with E-state index in [1.165, 1.54) is 22.3 Å². The number of nitrogens with one attached hydrogen (secondary N) is 2. The Morgan fingerprint density at radius 3 is 1.42 bits per heavy atom. The number of aryl methyl sites for hydroxylation is 12. The predicted octanol–water partition coefficient (Wildman–Crippen LogP) is 9.86. The smallest absolute Gasteiger partial charge is 0.215 e. The van der Waals surface area contributed by atoms with Gasteiger partial charge < -0.3 is 20.2 Å². The first kappa shape index (κ1) is 41.0. The maximum absolute atomic E-state index is 13.8. The first-order valence-corrected chi connectivity index (χ1v) is 21.6. The molecular weight excluding hydrogens is 761 g/mol. The van der Waals surface area contributed by atoms with Crippen LogP contribution in [0.1, 0.15) is 100 Å². The Morgan fingerprint density at radius 2 is 0.903 bits per heavy atom. The van der Waals surface area contributed by atoms with Gasteiger partial charge in [-0.25, -0.2) is 9.98 Å². The molecule has 3 aliphatic heterocycles. The third kappa shape index (κ3) is 6.39. The van der Waals surface area contributed by atoms with Crippen LogP contribution in [0.5, 0.6) is 0 Å². The van der Waals surface area contributed by atoms with Gasteiger partial charge in [0.1, 0.15) is 0 Å². The molecule has 9 rings (SSSR count). The summed E-state index contributed by atoms with van der Waals surface area (Å²) in [6.07, 6.45) is 7.71. The van der Waals surface area contributed by atoms with E-state index in [1.54, 1.807) is 6.08 Å². The second-order valence-corrected chi connectivity index (χ2v) is 18.3. The lowest BCUT2D eigenvalue weighted by Crippen LogP contribution is -2.50. The molecule has 0 unspecified atom stereocenters. The number of benzene rings is 4. The van der Waals surface area contributed by atoms with E-state index in [0.29, 0.717) is 17.0 Å². The van der Waals surface area contributed by atoms with Crippen molar-refractivity contribution in [2.75, 3.05) is 0 Å². The van der Waals surface area contributed by atoms with E-state index in [1.807, 2.05) is 32.1 Å². The molecule has 0 amide bonds. The fourth-order valence-electron chi connectivity index (χ4n) is 11.1. The quantitative estimate of drug-likeness (QED) is 0.143. The predicted molar refractivity (Wildman–Crippen MR) is 256 cm³/mol. The van der Waals surface area contributed by atoms with Crippen molar-refractivity contribution in [1.29, 1.82) is 0 Å². The van der Waals surface area contributed by atoms with Crippen LogP contribution in [-0.4, -0.2) is 37.3 Å². The summed E-state index contributed by atoms with van der Waals surface area (Å²) < 4.78 is 0. The molecule has 62 heavy (non-hydrogen) atoms. The lowest BCUT2D eigenvalue weighted by molar-refractivity contribution is -0.0979. The van der Waals surface area contributed by atoms with Crippen LogP contribution in [0.3, 0.4) is 0 Å². The van der Waals surface area contributed by atoms with Crippen LogP contribution in [0.25, 0.3) is 16.7 Å². The molecular formula is C56H56N4O2. The van der Waals surface area contributed by atoms with Crippen molar-refractivity contribution in [2.24, 2.45) is 9.98 Å². The van der Waals surface area contributed by atoms with Gasteiger partial charge in [-0.15, -0.1) is 0 Å². The zero-order valence-electron chi connectivity index (χ0n) is 38.0. The molecule has 0 radical (unpaired) electrons. The summed E-state index contributed by atoms with van der Waals surface area (Å²) in [5.74, 6) is 0. The molecule has 4 aromatic carbocycles. The van der Waals surface area contributed by atoms with Crippen LogP contribution in [0.2, 0.25) is 0 Å². The Balaban J connectivity index is 1.49. The van der Waals surface area contributed by atoms with Gasteiger partial charge in [0.2, 0.25) is 5.72 Å². The van der Waals surface area contributed by atoms with Gasteiger partial charge in [-0.05, 0) is 193 Å². The van der Waals surface area contributed by atoms with Crippen LogP contribution in [0.15, 0.2) is 113 Å². The molecule has 6 aromatic rings. The number of aliphatic hydroxyl groups is 2. The first-order chi connectivity index (χ1) is 29.4. The van der Waals surface area contributed by atoms with Crippen LogP contribution < -0.4 is 10.7 Å². The van der Waals surface area contributed by atoms with E-state index in [2.05, 4.69) is 152 Å². The van der Waals surface area contributed by atoms with Crippen LogP contribution in [0.4, 0.5) is 0 Å². The van der Waals surface area contributed by atoms with Crippen molar-refractivity contribution in [3.63, 3.8) is 0 Å². The molecule has 3 aliphatic rings. The molecule has 6 nitrogen and oxygen atoms in total. The highest BCUT2D eigenvalue weighted by Gasteiger charge is 2.55. The fraction of sp³-hybridized carbons (Fsp3) is 0.250. The van der Waals surface area contributed by atoms with Gasteiger partial charge in [0.05, 0.1) is 22.8 Å². The van der Waals surface area contributed by atoms with Crippen molar-refractivity contribution in [1.82, 2.24) is 9.97 Å². The van der Waals surface area contributed by atoms with E-state index in [-0.39, 0.29) is 0 Å². The highest BCUT2D eigenvalue weighted by Crippen LogP contribution is 2.48. The first-order valence-electron chi connectivity index (χ1n) is 21.6. The molecule has 0 fully saturated rings. The summed E-state index contributed by atoms with van der Waals surface area (Å²) in [6.45, 7) is 25.3. The maximum Gasteiger partial charge on any atom is 0.215 e. The average molecular weight is 817 g/mol. The summed E-state index contributed by atoms with van der Waals surface area (Å²) in [5.41, 5.74) is 18.8. The average Bonchev–Trinajstić information content (AvgIpc) is 4.00. The summed E-state index contributed by atoms with van der Waals surface area (Å²) in [5, 5.41) is 28.9. The second-order valence-electron chi connectivity index (χ2n) is 18.3. The minimum atomic E-state index is -2.12. The number of H-pyrrole nitrogens is 2. The number of fused-ring (bicyclic) bond motifs is 6. The van der Waals surface area contributed by atoms with E-state index in [4.69, 9.17) is 9.98 Å². The molecule has 6 heteroatoms. The number of aromatic nitrogens is 2. The van der Waals surface area contributed by atoms with Crippen molar-refractivity contribution < 1.29 is 10.2 Å². The van der Waals surface area contributed by atoms with Gasteiger partial charge in [0, 0.05) is 38.7 Å². The van der Waals surface area contributed by atoms with Gasteiger partial charge in [-0.2, -0.15) is 0 Å². The molecule has 2 aromatic heterocycles. The Labute approximate surface area is 365 Å². The van der Waals surface area contributed by atoms with Crippen molar-refractivity contribution in [2.45, 2.75) is 94.4 Å². The van der Waals surface area contributed by atoms with Crippen molar-refractivity contribution in [3.8, 4) is 0 Å². The number of allylic oxidation sites excluding steroid dienone is 4. The zero-order chi connectivity index (χ0) is 44.2. The van der Waals surface area contributed by atoms with Crippen LogP contribution in [0, 0.1) is 83.1 Å².